The van der Waals surface area contributed by atoms with Crippen LogP contribution in [0.25, 0.3) is 0 Å². The molecule has 0 spiro atoms. The molecular weight excluding hydrogens is 504 g/mol. The molecule has 5 nitrogen and oxygen atoms in total. The van der Waals surface area contributed by atoms with Crippen LogP contribution in [0.1, 0.15) is 93.9 Å². The van der Waals surface area contributed by atoms with Crippen LogP contribution in [-0.4, -0.2) is 31.2 Å². The Morgan fingerprint density at radius 2 is 1.22 bits per heavy atom. The average molecular weight is 551 g/mol. The van der Waals surface area contributed by atoms with Crippen LogP contribution in [0.4, 0.5) is 0 Å². The molecular formula is C30H46O5S2. The van der Waals surface area contributed by atoms with E-state index in [0.717, 1.165) is 27.6 Å². The number of carboxylic acid groups (broad SMARTS) is 1. The zero-order chi connectivity index (χ0) is 28.2. The zero-order valence-electron chi connectivity index (χ0n) is 23.8. The van der Waals surface area contributed by atoms with Crippen molar-refractivity contribution in [2.45, 2.75) is 93.9 Å². The summed E-state index contributed by atoms with van der Waals surface area (Å²) in [5.41, 5.74) is -1.48. The van der Waals surface area contributed by atoms with Crippen LogP contribution in [0.15, 0.2) is 56.1 Å². The lowest BCUT2D eigenvalue weighted by atomic mass is 9.86. The van der Waals surface area contributed by atoms with E-state index in [2.05, 4.69) is 33.8 Å². The van der Waals surface area contributed by atoms with E-state index < -0.39 is 33.0 Å². The van der Waals surface area contributed by atoms with Crippen molar-refractivity contribution in [1.29, 1.82) is 0 Å². The minimum Gasteiger partial charge on any atom is -0.481 e. The fraction of sp³-hybridized carbons (Fsp3) is 0.633. The van der Waals surface area contributed by atoms with Gasteiger partial charge in [-0.3, -0.25) is 4.79 Å². The highest BCUT2D eigenvalue weighted by molar-refractivity contribution is 7.93. The second-order valence-electron chi connectivity index (χ2n) is 13.0. The van der Waals surface area contributed by atoms with Crippen LogP contribution in [0.2, 0.25) is 0 Å². The van der Waals surface area contributed by atoms with Gasteiger partial charge in [-0.15, -0.1) is 0 Å². The molecule has 2 unspecified atom stereocenters. The van der Waals surface area contributed by atoms with Gasteiger partial charge in [-0.2, -0.15) is 0 Å². The Kier molecular flexibility index (Phi) is 10.3. The number of carbonyl (C=O) groups is 1. The normalized spacial score (nSPS) is 23.8. The van der Waals surface area contributed by atoms with Gasteiger partial charge in [0, 0.05) is 37.1 Å². The van der Waals surface area contributed by atoms with E-state index in [1.807, 2.05) is 44.2 Å². The Balaban J connectivity index is 2.16. The minimum atomic E-state index is -1.34. The van der Waals surface area contributed by atoms with Gasteiger partial charge in [0.15, 0.2) is 0 Å². The molecule has 0 amide bonds. The van der Waals surface area contributed by atoms with Crippen molar-refractivity contribution in [2.24, 2.45) is 21.7 Å². The zero-order valence-corrected chi connectivity index (χ0v) is 25.5. The first kappa shape index (κ1) is 31.6. The standard InChI is InChI=1S/C30H46O5S2/c1-27(2,21-31)15-9-11-22-17-28(3,4)19-24(36(22)34)13-14-25-20-29(5,6)18-23(37(25)35)12-10-16-30(7,8)26(32)33/h13-14,17-20,31H,9-12,15-16,21H2,1-8H3,(H,32,33)/b14-13-. The Bertz CT molecular complexity index is 1080. The van der Waals surface area contributed by atoms with Crippen LogP contribution in [-0.2, 0) is 26.4 Å². The summed E-state index contributed by atoms with van der Waals surface area (Å²) >= 11 is 0. The third kappa shape index (κ3) is 9.29. The Labute approximate surface area is 228 Å². The highest BCUT2D eigenvalue weighted by atomic mass is 32.2. The predicted octanol–water partition coefficient (Wildman–Crippen LogP) is 7.13. The molecule has 2 rings (SSSR count). The van der Waals surface area contributed by atoms with Crippen molar-refractivity contribution < 1.29 is 23.4 Å². The van der Waals surface area contributed by atoms with Crippen LogP contribution in [0.5, 0.6) is 0 Å². The maximum atomic E-state index is 13.4. The molecule has 0 aliphatic carbocycles. The van der Waals surface area contributed by atoms with Crippen molar-refractivity contribution in [3.8, 4) is 0 Å². The maximum absolute atomic E-state index is 13.4. The Morgan fingerprint density at radius 3 is 1.59 bits per heavy atom. The molecule has 7 heteroatoms. The van der Waals surface area contributed by atoms with Crippen molar-refractivity contribution >= 4 is 27.6 Å². The van der Waals surface area contributed by atoms with Crippen molar-refractivity contribution in [3.63, 3.8) is 0 Å². The average Bonchev–Trinajstić information content (AvgIpc) is 2.76. The quantitative estimate of drug-likeness (QED) is 0.270. The third-order valence-corrected chi connectivity index (χ3v) is 9.88. The number of hydrogen-bond acceptors (Lipinski definition) is 4. The molecule has 37 heavy (non-hydrogen) atoms. The first-order chi connectivity index (χ1) is 16.9. The first-order valence-corrected chi connectivity index (χ1v) is 15.4. The number of aliphatic carboxylic acids is 1. The van der Waals surface area contributed by atoms with E-state index in [-0.39, 0.29) is 22.9 Å². The minimum absolute atomic E-state index is 0.130. The summed E-state index contributed by atoms with van der Waals surface area (Å²) < 4.78 is 26.8. The molecule has 2 atom stereocenters. The fourth-order valence-electron chi connectivity index (χ4n) is 4.51. The maximum Gasteiger partial charge on any atom is 0.309 e. The lowest BCUT2D eigenvalue weighted by Crippen LogP contribution is -2.23. The molecule has 2 aliphatic rings. The molecule has 0 aromatic rings. The second kappa shape index (κ2) is 12.1. The van der Waals surface area contributed by atoms with Crippen molar-refractivity contribution in [2.75, 3.05) is 6.61 Å². The summed E-state index contributed by atoms with van der Waals surface area (Å²) in [4.78, 5) is 14.6. The van der Waals surface area contributed by atoms with Crippen molar-refractivity contribution in [3.05, 3.63) is 56.1 Å². The SMILES string of the molecule is CC1(C)C=C(/C=C\C2=CC(C)(C)C=C(CCCC(C)(C)C(=O)O)S2=O)S(=O)C(CCCC(C)(C)CO)=C1. The molecule has 2 N–H and O–H groups in total. The number of hydrogen-bond donors (Lipinski definition) is 2. The van der Waals surface area contributed by atoms with E-state index >= 15 is 0 Å². The van der Waals surface area contributed by atoms with Gasteiger partial charge in [-0.25, -0.2) is 8.42 Å². The highest BCUT2D eigenvalue weighted by Gasteiger charge is 2.30. The molecule has 0 radical (unpaired) electrons. The first-order valence-electron chi connectivity index (χ1n) is 13.1. The van der Waals surface area contributed by atoms with E-state index in [1.165, 1.54) is 0 Å². The molecule has 2 heterocycles. The largest absolute Gasteiger partial charge is 0.481 e. The van der Waals surface area contributed by atoms with E-state index in [1.54, 1.807) is 13.8 Å². The fourth-order valence-corrected chi connectivity index (χ4v) is 7.80. The van der Waals surface area contributed by atoms with Crippen LogP contribution in [0.3, 0.4) is 0 Å². The summed E-state index contributed by atoms with van der Waals surface area (Å²) in [5, 5.41) is 18.9. The van der Waals surface area contributed by atoms with Gasteiger partial charge in [0.05, 0.1) is 27.0 Å². The number of carboxylic acids is 1. The van der Waals surface area contributed by atoms with Gasteiger partial charge in [-0.05, 0) is 69.9 Å². The monoisotopic (exact) mass is 550 g/mol. The van der Waals surface area contributed by atoms with Crippen LogP contribution < -0.4 is 0 Å². The van der Waals surface area contributed by atoms with Gasteiger partial charge < -0.3 is 10.2 Å². The number of aliphatic hydroxyl groups is 1. The Morgan fingerprint density at radius 1 is 0.811 bits per heavy atom. The molecule has 0 aromatic heterocycles. The summed E-state index contributed by atoms with van der Waals surface area (Å²) in [6.07, 6.45) is 16.0. The molecule has 0 bridgehead atoms. The Hall–Kier alpha value is -1.57. The van der Waals surface area contributed by atoms with E-state index in [0.29, 0.717) is 30.6 Å². The number of rotatable bonds is 12. The van der Waals surface area contributed by atoms with Gasteiger partial charge in [0.2, 0.25) is 0 Å². The molecule has 0 fully saturated rings. The molecule has 208 valence electrons. The third-order valence-electron chi connectivity index (χ3n) is 6.92. The lowest BCUT2D eigenvalue weighted by molar-refractivity contribution is -0.147. The molecule has 0 saturated heterocycles. The summed E-state index contributed by atoms with van der Waals surface area (Å²) in [6.45, 7) is 15.9. The van der Waals surface area contributed by atoms with Crippen LogP contribution >= 0.6 is 0 Å². The topological polar surface area (TPSA) is 91.7 Å². The van der Waals surface area contributed by atoms with Gasteiger partial charge in [-0.1, -0.05) is 65.8 Å². The molecule has 2 aliphatic heterocycles. The molecule has 0 saturated carbocycles. The second-order valence-corrected chi connectivity index (χ2v) is 16.1. The van der Waals surface area contributed by atoms with Crippen LogP contribution in [0, 0.1) is 21.7 Å². The number of aliphatic hydroxyl groups excluding tert-OH is 1. The van der Waals surface area contributed by atoms with Gasteiger partial charge in [0.25, 0.3) is 0 Å². The van der Waals surface area contributed by atoms with E-state index in [9.17, 15) is 23.4 Å². The summed E-state index contributed by atoms with van der Waals surface area (Å²) in [6, 6.07) is 0. The summed E-state index contributed by atoms with van der Waals surface area (Å²) in [7, 11) is -2.62. The smallest absolute Gasteiger partial charge is 0.309 e. The van der Waals surface area contributed by atoms with E-state index in [4.69, 9.17) is 0 Å². The highest BCUT2D eigenvalue weighted by Crippen LogP contribution is 2.38. The molecule has 0 aromatic carbocycles. The predicted molar refractivity (Wildman–Crippen MR) is 155 cm³/mol. The summed E-state index contributed by atoms with van der Waals surface area (Å²) in [5.74, 6) is -0.822. The van der Waals surface area contributed by atoms with Gasteiger partial charge >= 0.3 is 5.97 Å². The lowest BCUT2D eigenvalue weighted by Gasteiger charge is -2.27. The van der Waals surface area contributed by atoms with Crippen molar-refractivity contribution in [1.82, 2.24) is 0 Å². The number of allylic oxidation sites excluding steroid dienone is 8. The van der Waals surface area contributed by atoms with Gasteiger partial charge in [0.1, 0.15) is 0 Å².